The van der Waals surface area contributed by atoms with E-state index in [4.69, 9.17) is 0 Å². The van der Waals surface area contributed by atoms with Crippen molar-refractivity contribution in [3.05, 3.63) is 10.1 Å². The zero-order valence-corrected chi connectivity index (χ0v) is 11.8. The van der Waals surface area contributed by atoms with Crippen LogP contribution in [0.2, 0.25) is 0 Å². The van der Waals surface area contributed by atoms with Crippen LogP contribution in [0.25, 0.3) is 0 Å². The van der Waals surface area contributed by atoms with Crippen LogP contribution in [0.15, 0.2) is 0 Å². The van der Waals surface area contributed by atoms with Crippen molar-refractivity contribution < 1.29 is 4.92 Å². The molecule has 0 saturated heterocycles. The molecule has 0 aromatic heterocycles. The first-order chi connectivity index (χ1) is 8.00. The van der Waals surface area contributed by atoms with Crippen molar-refractivity contribution in [1.82, 2.24) is 0 Å². The summed E-state index contributed by atoms with van der Waals surface area (Å²) in [6.07, 6.45) is 12.1. The molecule has 0 rings (SSSR count). The fourth-order valence-corrected chi connectivity index (χ4v) is 1.96. The van der Waals surface area contributed by atoms with Gasteiger partial charge >= 0.3 is 0 Å². The van der Waals surface area contributed by atoms with Gasteiger partial charge in [0.25, 0.3) is 0 Å². The van der Waals surface area contributed by atoms with Gasteiger partial charge in [-0.1, -0.05) is 58.3 Å². The molecule has 3 nitrogen and oxygen atoms in total. The Kier molecular flexibility index (Phi) is 9.10. The highest BCUT2D eigenvalue weighted by Gasteiger charge is 2.29. The first kappa shape index (κ1) is 16.4. The third-order valence-electron chi connectivity index (χ3n) is 3.39. The second-order valence-electron chi connectivity index (χ2n) is 5.65. The highest BCUT2D eigenvalue weighted by atomic mass is 16.6. The minimum absolute atomic E-state index is 0.155. The molecule has 0 aliphatic rings. The molecular weight excluding hydrogens is 214 g/mol. The summed E-state index contributed by atoms with van der Waals surface area (Å²) >= 11 is 0. The molecule has 0 radical (unpaired) electrons. The van der Waals surface area contributed by atoms with Crippen LogP contribution in [-0.2, 0) is 0 Å². The summed E-state index contributed by atoms with van der Waals surface area (Å²) < 4.78 is 0. The summed E-state index contributed by atoms with van der Waals surface area (Å²) in [6.45, 7) is 5.67. The molecule has 102 valence electrons. The molecule has 0 heterocycles. The van der Waals surface area contributed by atoms with E-state index < -0.39 is 5.54 Å². The standard InChI is InChI=1S/C14H29NO2/c1-4-5-6-7-8-9-10-11-12-13-14(2,3)15(16)17/h4-13H2,1-3H3. The van der Waals surface area contributed by atoms with Gasteiger partial charge in [-0.25, -0.2) is 0 Å². The average molecular weight is 243 g/mol. The SMILES string of the molecule is CCCCCCCCCCCC(C)(C)[N+](=O)[O-]. The van der Waals surface area contributed by atoms with E-state index in [0.717, 1.165) is 12.8 Å². The Labute approximate surface area is 106 Å². The van der Waals surface area contributed by atoms with Crippen LogP contribution in [-0.4, -0.2) is 10.5 Å². The second kappa shape index (κ2) is 9.43. The minimum Gasteiger partial charge on any atom is -0.264 e. The summed E-state index contributed by atoms with van der Waals surface area (Å²) in [5.74, 6) is 0. The quantitative estimate of drug-likeness (QED) is 0.292. The van der Waals surface area contributed by atoms with Crippen molar-refractivity contribution >= 4 is 0 Å². The maximum atomic E-state index is 10.7. The Morgan fingerprint density at radius 3 is 1.71 bits per heavy atom. The van der Waals surface area contributed by atoms with Crippen molar-refractivity contribution in [3.63, 3.8) is 0 Å². The van der Waals surface area contributed by atoms with Gasteiger partial charge in [0.15, 0.2) is 0 Å². The predicted molar refractivity (Wildman–Crippen MR) is 72.9 cm³/mol. The number of hydrogen-bond acceptors (Lipinski definition) is 2. The largest absolute Gasteiger partial charge is 0.264 e. The van der Waals surface area contributed by atoms with Gasteiger partial charge in [0.05, 0.1) is 0 Å². The van der Waals surface area contributed by atoms with Crippen LogP contribution in [0.4, 0.5) is 0 Å². The van der Waals surface area contributed by atoms with Gasteiger partial charge in [-0.3, -0.25) is 10.1 Å². The molecule has 0 aromatic rings. The third-order valence-corrected chi connectivity index (χ3v) is 3.39. The Balaban J connectivity index is 3.27. The van der Waals surface area contributed by atoms with Gasteiger partial charge in [-0.15, -0.1) is 0 Å². The zero-order valence-electron chi connectivity index (χ0n) is 11.8. The summed E-state index contributed by atoms with van der Waals surface area (Å²) in [7, 11) is 0. The van der Waals surface area contributed by atoms with Crippen LogP contribution < -0.4 is 0 Å². The fraction of sp³-hybridized carbons (Fsp3) is 1.00. The average Bonchev–Trinajstić information content (AvgIpc) is 2.26. The van der Waals surface area contributed by atoms with Gasteiger partial charge in [0, 0.05) is 25.2 Å². The molecule has 0 aliphatic heterocycles. The van der Waals surface area contributed by atoms with E-state index in [0.29, 0.717) is 6.42 Å². The number of unbranched alkanes of at least 4 members (excludes halogenated alkanes) is 8. The molecule has 0 fully saturated rings. The molecule has 3 heteroatoms. The highest BCUT2D eigenvalue weighted by molar-refractivity contribution is 4.66. The van der Waals surface area contributed by atoms with Gasteiger partial charge < -0.3 is 0 Å². The zero-order chi connectivity index (χ0) is 13.1. The third kappa shape index (κ3) is 9.13. The van der Waals surface area contributed by atoms with Crippen molar-refractivity contribution in [2.75, 3.05) is 0 Å². The van der Waals surface area contributed by atoms with Gasteiger partial charge in [-0.2, -0.15) is 0 Å². The van der Waals surface area contributed by atoms with E-state index in [-0.39, 0.29) is 4.92 Å². The molecule has 17 heavy (non-hydrogen) atoms. The molecule has 0 amide bonds. The number of rotatable bonds is 11. The Morgan fingerprint density at radius 1 is 0.882 bits per heavy atom. The topological polar surface area (TPSA) is 43.1 Å². The van der Waals surface area contributed by atoms with E-state index in [9.17, 15) is 10.1 Å². The Morgan fingerprint density at radius 2 is 1.29 bits per heavy atom. The van der Waals surface area contributed by atoms with Crippen molar-refractivity contribution in [2.45, 2.75) is 90.5 Å². The van der Waals surface area contributed by atoms with E-state index in [2.05, 4.69) is 6.92 Å². The van der Waals surface area contributed by atoms with Gasteiger partial charge in [-0.05, 0) is 6.42 Å². The summed E-state index contributed by atoms with van der Waals surface area (Å²) in [6, 6.07) is 0. The maximum absolute atomic E-state index is 10.7. The Hall–Kier alpha value is -0.600. The summed E-state index contributed by atoms with van der Waals surface area (Å²) in [5.41, 5.74) is -0.735. The van der Waals surface area contributed by atoms with Crippen LogP contribution in [0.5, 0.6) is 0 Å². The first-order valence-electron chi connectivity index (χ1n) is 7.15. The Bertz CT molecular complexity index is 202. The van der Waals surface area contributed by atoms with E-state index >= 15 is 0 Å². The lowest BCUT2D eigenvalue weighted by atomic mass is 9.97. The molecule has 0 aromatic carbocycles. The van der Waals surface area contributed by atoms with Crippen molar-refractivity contribution in [3.8, 4) is 0 Å². The van der Waals surface area contributed by atoms with Gasteiger partial charge in [0.1, 0.15) is 0 Å². The molecule has 0 aliphatic carbocycles. The molecule has 0 atom stereocenters. The minimum atomic E-state index is -0.735. The van der Waals surface area contributed by atoms with Crippen molar-refractivity contribution in [1.29, 1.82) is 0 Å². The normalized spacial score (nSPS) is 11.7. The number of hydrogen-bond donors (Lipinski definition) is 0. The lowest BCUT2D eigenvalue weighted by Gasteiger charge is -2.14. The highest BCUT2D eigenvalue weighted by Crippen LogP contribution is 2.18. The lowest BCUT2D eigenvalue weighted by molar-refractivity contribution is -0.561. The predicted octanol–water partition coefficient (Wildman–Crippen LogP) is 4.96. The molecule has 0 unspecified atom stereocenters. The van der Waals surface area contributed by atoms with E-state index in [1.807, 2.05) is 0 Å². The molecule has 0 bridgehead atoms. The smallest absolute Gasteiger partial charge is 0.216 e. The molecular formula is C14H29NO2. The summed E-state index contributed by atoms with van der Waals surface area (Å²) in [4.78, 5) is 10.5. The first-order valence-corrected chi connectivity index (χ1v) is 7.15. The van der Waals surface area contributed by atoms with Gasteiger partial charge in [0.2, 0.25) is 5.54 Å². The van der Waals surface area contributed by atoms with Crippen LogP contribution in [0, 0.1) is 10.1 Å². The van der Waals surface area contributed by atoms with Crippen LogP contribution >= 0.6 is 0 Å². The maximum Gasteiger partial charge on any atom is 0.216 e. The molecule has 0 N–H and O–H groups in total. The number of nitro groups is 1. The lowest BCUT2D eigenvalue weighted by Crippen LogP contribution is -2.30. The monoisotopic (exact) mass is 243 g/mol. The van der Waals surface area contributed by atoms with E-state index in [1.54, 1.807) is 13.8 Å². The number of nitrogens with zero attached hydrogens (tertiary/aromatic N) is 1. The fourth-order valence-electron chi connectivity index (χ4n) is 1.96. The second-order valence-corrected chi connectivity index (χ2v) is 5.65. The summed E-state index contributed by atoms with van der Waals surface area (Å²) in [5, 5.41) is 10.7. The van der Waals surface area contributed by atoms with E-state index in [1.165, 1.54) is 44.9 Å². The van der Waals surface area contributed by atoms with Crippen molar-refractivity contribution in [2.24, 2.45) is 0 Å². The van der Waals surface area contributed by atoms with Crippen LogP contribution in [0.3, 0.4) is 0 Å². The van der Waals surface area contributed by atoms with Crippen LogP contribution in [0.1, 0.15) is 85.0 Å². The molecule has 0 saturated carbocycles. The molecule has 0 spiro atoms.